The quantitative estimate of drug-likeness (QED) is 0.909. The Morgan fingerprint density at radius 1 is 1.32 bits per heavy atom. The highest BCUT2D eigenvalue weighted by Crippen LogP contribution is 2.43. The highest BCUT2D eigenvalue weighted by atomic mass is 32.1. The average molecular weight is 273 g/mol. The molecule has 1 aromatic heterocycles. The maximum absolute atomic E-state index is 10.9. The molecular formula is C15H15NO2S. The van der Waals surface area contributed by atoms with E-state index < -0.39 is 5.97 Å². The van der Waals surface area contributed by atoms with Crippen molar-refractivity contribution in [3.8, 4) is 0 Å². The highest BCUT2D eigenvalue weighted by molar-refractivity contribution is 7.11. The second-order valence-electron chi connectivity index (χ2n) is 4.92. The lowest BCUT2D eigenvalue weighted by molar-refractivity contribution is -0.136. The molecule has 0 atom stereocenters. The molecule has 1 fully saturated rings. The van der Waals surface area contributed by atoms with Crippen molar-refractivity contribution in [3.05, 3.63) is 51.5 Å². The monoisotopic (exact) mass is 273 g/mol. The maximum Gasteiger partial charge on any atom is 0.308 e. The Labute approximate surface area is 115 Å². The van der Waals surface area contributed by atoms with Crippen molar-refractivity contribution in [1.29, 1.82) is 0 Å². The number of benzene rings is 1. The summed E-state index contributed by atoms with van der Waals surface area (Å²) < 4.78 is 0. The molecular weight excluding hydrogens is 258 g/mol. The number of carboxylic acid groups (broad SMARTS) is 1. The van der Waals surface area contributed by atoms with E-state index in [1.54, 1.807) is 11.3 Å². The number of carbonyl (C=O) groups is 1. The molecule has 98 valence electrons. The Morgan fingerprint density at radius 2 is 2.05 bits per heavy atom. The van der Waals surface area contributed by atoms with E-state index >= 15 is 0 Å². The number of aliphatic carboxylic acids is 1. The Morgan fingerprint density at radius 3 is 2.68 bits per heavy atom. The van der Waals surface area contributed by atoms with Crippen molar-refractivity contribution >= 4 is 17.3 Å². The van der Waals surface area contributed by atoms with Gasteiger partial charge in [-0.15, -0.1) is 11.3 Å². The molecule has 3 rings (SSSR count). The molecule has 0 saturated heterocycles. The minimum atomic E-state index is -0.767. The zero-order valence-electron chi connectivity index (χ0n) is 10.5. The first kappa shape index (κ1) is 12.4. The summed E-state index contributed by atoms with van der Waals surface area (Å²) in [6.07, 6.45) is 3.21. The molecule has 1 N–H and O–H groups in total. The van der Waals surface area contributed by atoms with Crippen molar-refractivity contribution in [3.63, 3.8) is 0 Å². The second kappa shape index (κ2) is 5.13. The summed E-state index contributed by atoms with van der Waals surface area (Å²) in [5.41, 5.74) is 2.26. The van der Waals surface area contributed by atoms with Gasteiger partial charge in [0.15, 0.2) is 0 Å². The van der Waals surface area contributed by atoms with Gasteiger partial charge in [0.25, 0.3) is 0 Å². The number of hydrogen-bond donors (Lipinski definition) is 1. The van der Waals surface area contributed by atoms with Gasteiger partial charge in [0.05, 0.1) is 17.1 Å². The van der Waals surface area contributed by atoms with Gasteiger partial charge in [0, 0.05) is 17.2 Å². The normalized spacial score (nSPS) is 14.5. The van der Waals surface area contributed by atoms with Gasteiger partial charge in [-0.25, -0.2) is 4.98 Å². The van der Waals surface area contributed by atoms with Gasteiger partial charge < -0.3 is 5.11 Å². The summed E-state index contributed by atoms with van der Waals surface area (Å²) in [5.74, 6) is -0.257. The molecule has 1 saturated carbocycles. The van der Waals surface area contributed by atoms with Crippen LogP contribution in [0.5, 0.6) is 0 Å². The summed E-state index contributed by atoms with van der Waals surface area (Å²) >= 11 is 1.56. The van der Waals surface area contributed by atoms with E-state index in [0.717, 1.165) is 34.8 Å². The lowest BCUT2D eigenvalue weighted by Crippen LogP contribution is -2.00. The molecule has 0 unspecified atom stereocenters. The third-order valence-electron chi connectivity index (χ3n) is 3.25. The fraction of sp³-hybridized carbons (Fsp3) is 0.333. The molecule has 0 amide bonds. The van der Waals surface area contributed by atoms with Gasteiger partial charge in [0.2, 0.25) is 0 Å². The molecule has 0 bridgehead atoms. The summed E-state index contributed by atoms with van der Waals surface area (Å²) in [6.45, 7) is 0. The van der Waals surface area contributed by atoms with Gasteiger partial charge >= 0.3 is 5.97 Å². The van der Waals surface area contributed by atoms with Crippen molar-refractivity contribution < 1.29 is 9.90 Å². The molecule has 1 heterocycles. The van der Waals surface area contributed by atoms with Gasteiger partial charge in [-0.2, -0.15) is 0 Å². The molecule has 1 aliphatic rings. The number of rotatable bonds is 5. The van der Waals surface area contributed by atoms with E-state index in [-0.39, 0.29) is 6.42 Å². The van der Waals surface area contributed by atoms with Crippen LogP contribution in [0.1, 0.15) is 39.9 Å². The zero-order chi connectivity index (χ0) is 13.2. The molecule has 0 spiro atoms. The molecule has 0 aliphatic heterocycles. The molecule has 3 nitrogen and oxygen atoms in total. The molecule has 19 heavy (non-hydrogen) atoms. The summed E-state index contributed by atoms with van der Waals surface area (Å²) in [4.78, 5) is 16.5. The predicted octanol–water partition coefficient (Wildman–Crippen LogP) is 3.24. The summed E-state index contributed by atoms with van der Waals surface area (Å²) in [6, 6.07) is 10.2. The number of thiazole rings is 1. The van der Waals surface area contributed by atoms with Crippen LogP contribution in [-0.4, -0.2) is 16.1 Å². The van der Waals surface area contributed by atoms with E-state index in [1.165, 1.54) is 5.56 Å². The minimum Gasteiger partial charge on any atom is -0.481 e. The standard InChI is InChI=1S/C15H15NO2S/c17-14(18)9-12-15(11-6-7-11)16-13(19-12)8-10-4-2-1-3-5-10/h1-5,11H,6-9H2,(H,17,18). The third kappa shape index (κ3) is 3.01. The number of carboxylic acids is 1. The van der Waals surface area contributed by atoms with Crippen molar-refractivity contribution in [2.75, 3.05) is 0 Å². The van der Waals surface area contributed by atoms with Crippen LogP contribution in [0.15, 0.2) is 30.3 Å². The Hall–Kier alpha value is -1.68. The molecule has 0 radical (unpaired) electrons. The first-order valence-corrected chi connectivity index (χ1v) is 7.28. The topological polar surface area (TPSA) is 50.2 Å². The van der Waals surface area contributed by atoms with Crippen LogP contribution in [0.4, 0.5) is 0 Å². The lowest BCUT2D eigenvalue weighted by Gasteiger charge is -1.96. The summed E-state index contributed by atoms with van der Waals surface area (Å²) in [5, 5.41) is 10.0. The Kier molecular flexibility index (Phi) is 3.34. The smallest absolute Gasteiger partial charge is 0.308 e. The molecule has 1 aromatic carbocycles. The van der Waals surface area contributed by atoms with E-state index in [4.69, 9.17) is 5.11 Å². The van der Waals surface area contributed by atoms with Gasteiger partial charge in [-0.3, -0.25) is 4.79 Å². The average Bonchev–Trinajstić information content (AvgIpc) is 3.14. The van der Waals surface area contributed by atoms with Gasteiger partial charge in [0.1, 0.15) is 0 Å². The Balaban J connectivity index is 1.84. The van der Waals surface area contributed by atoms with E-state index in [2.05, 4.69) is 17.1 Å². The van der Waals surface area contributed by atoms with Crippen LogP contribution in [0.25, 0.3) is 0 Å². The van der Waals surface area contributed by atoms with Gasteiger partial charge in [-0.05, 0) is 18.4 Å². The fourth-order valence-corrected chi connectivity index (χ4v) is 3.38. The number of hydrogen-bond acceptors (Lipinski definition) is 3. The van der Waals surface area contributed by atoms with Crippen molar-refractivity contribution in [2.45, 2.75) is 31.6 Å². The van der Waals surface area contributed by atoms with Crippen LogP contribution < -0.4 is 0 Å². The second-order valence-corrected chi connectivity index (χ2v) is 6.09. The molecule has 4 heteroatoms. The van der Waals surface area contributed by atoms with Crippen LogP contribution in [-0.2, 0) is 17.6 Å². The lowest BCUT2D eigenvalue weighted by atomic mass is 10.1. The van der Waals surface area contributed by atoms with Crippen LogP contribution in [0, 0.1) is 0 Å². The Bertz CT molecular complexity index is 587. The van der Waals surface area contributed by atoms with Crippen LogP contribution >= 0.6 is 11.3 Å². The fourth-order valence-electron chi connectivity index (χ4n) is 2.20. The first-order chi connectivity index (χ1) is 9.22. The van der Waals surface area contributed by atoms with E-state index in [9.17, 15) is 4.79 Å². The number of aromatic nitrogens is 1. The number of nitrogens with zero attached hydrogens (tertiary/aromatic N) is 1. The van der Waals surface area contributed by atoms with Crippen molar-refractivity contribution in [2.24, 2.45) is 0 Å². The first-order valence-electron chi connectivity index (χ1n) is 6.46. The zero-order valence-corrected chi connectivity index (χ0v) is 11.3. The summed E-state index contributed by atoms with van der Waals surface area (Å²) in [7, 11) is 0. The minimum absolute atomic E-state index is 0.109. The predicted molar refractivity (Wildman–Crippen MR) is 74.7 cm³/mol. The van der Waals surface area contributed by atoms with Crippen LogP contribution in [0.2, 0.25) is 0 Å². The third-order valence-corrected chi connectivity index (χ3v) is 4.32. The maximum atomic E-state index is 10.9. The van der Waals surface area contributed by atoms with Crippen molar-refractivity contribution in [1.82, 2.24) is 4.98 Å². The van der Waals surface area contributed by atoms with Crippen LogP contribution in [0.3, 0.4) is 0 Å². The molecule has 1 aliphatic carbocycles. The van der Waals surface area contributed by atoms with E-state index in [1.807, 2.05) is 18.2 Å². The largest absolute Gasteiger partial charge is 0.481 e. The SMILES string of the molecule is O=C(O)Cc1sc(Cc2ccccc2)nc1C1CC1. The molecule has 2 aromatic rings. The van der Waals surface area contributed by atoms with Gasteiger partial charge in [-0.1, -0.05) is 30.3 Å². The van der Waals surface area contributed by atoms with E-state index in [0.29, 0.717) is 5.92 Å². The highest BCUT2D eigenvalue weighted by Gasteiger charge is 2.30.